The van der Waals surface area contributed by atoms with Crippen molar-refractivity contribution in [2.75, 3.05) is 12.4 Å². The summed E-state index contributed by atoms with van der Waals surface area (Å²) in [4.78, 5) is 42.6. The zero-order chi connectivity index (χ0) is 25.1. The molecule has 9 heteroatoms. The normalized spacial score (nSPS) is 15.1. The number of imidazole rings is 1. The number of hydrazone groups is 1. The van der Waals surface area contributed by atoms with Crippen LogP contribution in [0.5, 0.6) is 5.75 Å². The molecule has 1 atom stereocenters. The van der Waals surface area contributed by atoms with Crippen molar-refractivity contribution in [1.29, 1.82) is 0 Å². The average molecular weight is 484 g/mol. The molecule has 0 spiro atoms. The van der Waals surface area contributed by atoms with E-state index in [1.807, 2.05) is 54.6 Å². The van der Waals surface area contributed by atoms with Crippen molar-refractivity contribution in [3.8, 4) is 5.75 Å². The molecule has 0 fully saturated rings. The molecule has 3 N–H and O–H groups in total. The van der Waals surface area contributed by atoms with E-state index in [2.05, 4.69) is 20.4 Å². The molecule has 0 bridgehead atoms. The molecule has 36 heavy (non-hydrogen) atoms. The monoisotopic (exact) mass is 483 g/mol. The molecule has 0 saturated carbocycles. The molecule has 2 amide bonds. The summed E-state index contributed by atoms with van der Waals surface area (Å²) >= 11 is 0. The van der Waals surface area contributed by atoms with Crippen molar-refractivity contribution in [3.63, 3.8) is 0 Å². The van der Waals surface area contributed by atoms with Gasteiger partial charge >= 0.3 is 5.69 Å². The number of aromatic amines is 2. The van der Waals surface area contributed by atoms with Gasteiger partial charge in [-0.2, -0.15) is 5.10 Å². The number of anilines is 1. The highest BCUT2D eigenvalue weighted by molar-refractivity contribution is 6.03. The number of H-pyrrole nitrogens is 2. The fourth-order valence-electron chi connectivity index (χ4n) is 4.30. The van der Waals surface area contributed by atoms with E-state index in [0.29, 0.717) is 23.1 Å². The Kier molecular flexibility index (Phi) is 6.36. The number of fused-ring (bicyclic) bond motifs is 1. The summed E-state index contributed by atoms with van der Waals surface area (Å²) in [6.45, 7) is 0. The van der Waals surface area contributed by atoms with Crippen LogP contribution in [0.15, 0.2) is 82.7 Å². The predicted molar refractivity (Wildman–Crippen MR) is 137 cm³/mol. The molecule has 1 aromatic heterocycles. The van der Waals surface area contributed by atoms with Crippen molar-refractivity contribution in [1.82, 2.24) is 15.0 Å². The number of methoxy groups -OCH3 is 1. The fraction of sp³-hybridized carbons (Fsp3) is 0.185. The van der Waals surface area contributed by atoms with E-state index in [1.54, 1.807) is 25.3 Å². The number of rotatable bonds is 7. The molecule has 182 valence electrons. The van der Waals surface area contributed by atoms with Crippen molar-refractivity contribution >= 4 is 34.2 Å². The highest BCUT2D eigenvalue weighted by Crippen LogP contribution is 2.34. The van der Waals surface area contributed by atoms with E-state index in [0.717, 1.165) is 22.6 Å². The van der Waals surface area contributed by atoms with Crippen molar-refractivity contribution < 1.29 is 14.3 Å². The Balaban J connectivity index is 1.29. The van der Waals surface area contributed by atoms with E-state index in [4.69, 9.17) is 4.74 Å². The summed E-state index contributed by atoms with van der Waals surface area (Å²) < 4.78 is 5.26. The highest BCUT2D eigenvalue weighted by atomic mass is 16.5. The number of nitrogens with zero attached hydrogens (tertiary/aromatic N) is 2. The predicted octanol–water partition coefficient (Wildman–Crippen LogP) is 3.96. The zero-order valence-corrected chi connectivity index (χ0v) is 19.7. The summed E-state index contributed by atoms with van der Waals surface area (Å²) in [5.74, 6) is 0.202. The summed E-state index contributed by atoms with van der Waals surface area (Å²) in [7, 11) is 1.61. The lowest BCUT2D eigenvalue weighted by Gasteiger charge is -2.22. The van der Waals surface area contributed by atoms with Crippen LogP contribution in [-0.4, -0.2) is 39.6 Å². The Morgan fingerprint density at radius 1 is 1.00 bits per heavy atom. The van der Waals surface area contributed by atoms with Crippen LogP contribution >= 0.6 is 0 Å². The third kappa shape index (κ3) is 4.90. The van der Waals surface area contributed by atoms with Crippen LogP contribution in [0.1, 0.15) is 36.4 Å². The minimum atomic E-state index is -0.313. The number of nitrogens with one attached hydrogen (secondary N) is 3. The van der Waals surface area contributed by atoms with Gasteiger partial charge in [0.15, 0.2) is 0 Å². The molecule has 0 radical (unpaired) electrons. The van der Waals surface area contributed by atoms with Crippen LogP contribution in [-0.2, 0) is 9.59 Å². The minimum Gasteiger partial charge on any atom is -0.497 e. The van der Waals surface area contributed by atoms with Crippen LogP contribution in [0.4, 0.5) is 5.69 Å². The maximum atomic E-state index is 13.2. The second-order valence-electron chi connectivity index (χ2n) is 8.53. The van der Waals surface area contributed by atoms with E-state index < -0.39 is 0 Å². The highest BCUT2D eigenvalue weighted by Gasteiger charge is 2.33. The molecule has 5 rings (SSSR count). The van der Waals surface area contributed by atoms with Gasteiger partial charge in [-0.3, -0.25) is 9.59 Å². The summed E-state index contributed by atoms with van der Waals surface area (Å²) in [6, 6.07) is 22.2. The fourth-order valence-corrected chi connectivity index (χ4v) is 4.30. The number of aromatic nitrogens is 2. The SMILES string of the molecule is COc1ccc(C2CC(c3ccccc3)=NN2C(=O)CCC(=O)Nc2ccc3[nH]c(=O)[nH]c3c2)cc1. The number of carbonyl (C=O) groups excluding carboxylic acids is 2. The molecule has 4 aromatic rings. The Morgan fingerprint density at radius 2 is 1.75 bits per heavy atom. The molecule has 0 saturated heterocycles. The third-order valence-electron chi connectivity index (χ3n) is 6.14. The lowest BCUT2D eigenvalue weighted by Crippen LogP contribution is -2.28. The lowest BCUT2D eigenvalue weighted by atomic mass is 9.98. The molecule has 2 heterocycles. The van der Waals surface area contributed by atoms with Gasteiger partial charge in [0.05, 0.1) is 29.9 Å². The van der Waals surface area contributed by atoms with Gasteiger partial charge in [0.25, 0.3) is 0 Å². The van der Waals surface area contributed by atoms with Crippen LogP contribution in [0.3, 0.4) is 0 Å². The van der Waals surface area contributed by atoms with Gasteiger partial charge in [0.2, 0.25) is 11.8 Å². The Hall–Kier alpha value is -4.66. The zero-order valence-electron chi connectivity index (χ0n) is 19.7. The van der Waals surface area contributed by atoms with Crippen LogP contribution < -0.4 is 15.7 Å². The summed E-state index contributed by atoms with van der Waals surface area (Å²) in [5, 5.41) is 8.94. The first-order valence-electron chi connectivity index (χ1n) is 11.6. The van der Waals surface area contributed by atoms with Gasteiger partial charge in [-0.25, -0.2) is 9.80 Å². The van der Waals surface area contributed by atoms with Crippen molar-refractivity contribution in [3.05, 3.63) is 94.4 Å². The van der Waals surface area contributed by atoms with Gasteiger partial charge in [-0.1, -0.05) is 42.5 Å². The molecular formula is C27H25N5O4. The Morgan fingerprint density at radius 3 is 2.50 bits per heavy atom. The molecular weight excluding hydrogens is 458 g/mol. The van der Waals surface area contributed by atoms with Crippen molar-refractivity contribution in [2.45, 2.75) is 25.3 Å². The molecule has 9 nitrogen and oxygen atoms in total. The standard InChI is InChI=1S/C27H25N5O4/c1-36-20-10-7-18(8-11-20)24-16-22(17-5-3-2-4-6-17)31-32(24)26(34)14-13-25(33)28-19-9-12-21-23(15-19)30-27(35)29-21/h2-12,15,24H,13-14,16H2,1H3,(H,28,33)(H2,29,30,35). The van der Waals surface area contributed by atoms with E-state index in [9.17, 15) is 14.4 Å². The molecule has 1 unspecified atom stereocenters. The molecule has 1 aliphatic rings. The number of carbonyl (C=O) groups is 2. The van der Waals surface area contributed by atoms with E-state index in [-0.39, 0.29) is 36.4 Å². The molecule has 0 aliphatic carbocycles. The Bertz CT molecular complexity index is 1490. The smallest absolute Gasteiger partial charge is 0.323 e. The number of hydrogen-bond acceptors (Lipinski definition) is 5. The largest absolute Gasteiger partial charge is 0.497 e. The van der Waals surface area contributed by atoms with Gasteiger partial charge in [-0.15, -0.1) is 0 Å². The van der Waals surface area contributed by atoms with Crippen LogP contribution in [0.2, 0.25) is 0 Å². The quantitative estimate of drug-likeness (QED) is 0.369. The first kappa shape index (κ1) is 23.1. The van der Waals surface area contributed by atoms with Crippen LogP contribution in [0.25, 0.3) is 11.0 Å². The second-order valence-corrected chi connectivity index (χ2v) is 8.53. The maximum absolute atomic E-state index is 13.2. The third-order valence-corrected chi connectivity index (χ3v) is 6.14. The van der Waals surface area contributed by atoms with Gasteiger partial charge in [-0.05, 0) is 41.5 Å². The first-order valence-corrected chi connectivity index (χ1v) is 11.6. The van der Waals surface area contributed by atoms with E-state index in [1.165, 1.54) is 5.01 Å². The van der Waals surface area contributed by atoms with Crippen molar-refractivity contribution in [2.24, 2.45) is 5.10 Å². The number of hydrogen-bond donors (Lipinski definition) is 3. The number of ether oxygens (including phenoxy) is 1. The summed E-state index contributed by atoms with van der Waals surface area (Å²) in [6.07, 6.45) is 0.582. The van der Waals surface area contributed by atoms with Gasteiger partial charge < -0.3 is 20.0 Å². The topological polar surface area (TPSA) is 120 Å². The van der Waals surface area contributed by atoms with Gasteiger partial charge in [0, 0.05) is 24.9 Å². The van der Waals surface area contributed by atoms with Crippen LogP contribution in [0, 0.1) is 0 Å². The average Bonchev–Trinajstić information content (AvgIpc) is 3.51. The maximum Gasteiger partial charge on any atom is 0.323 e. The second kappa shape index (κ2) is 9.91. The lowest BCUT2D eigenvalue weighted by molar-refractivity contribution is -0.134. The molecule has 1 aliphatic heterocycles. The first-order chi connectivity index (χ1) is 17.5. The minimum absolute atomic E-state index is 0.00253. The Labute approximate surface area is 206 Å². The number of amides is 2. The van der Waals surface area contributed by atoms with Gasteiger partial charge in [0.1, 0.15) is 5.75 Å². The van der Waals surface area contributed by atoms with E-state index >= 15 is 0 Å². The number of benzene rings is 3. The molecule has 3 aromatic carbocycles. The summed E-state index contributed by atoms with van der Waals surface area (Å²) in [5.41, 5.74) is 4.20.